The van der Waals surface area contributed by atoms with E-state index in [1.54, 1.807) is 24.4 Å². The van der Waals surface area contributed by atoms with Crippen molar-refractivity contribution in [1.82, 2.24) is 4.98 Å². The Morgan fingerprint density at radius 3 is 2.50 bits per heavy atom. The Morgan fingerprint density at radius 2 is 1.89 bits per heavy atom. The van der Waals surface area contributed by atoms with Gasteiger partial charge >= 0.3 is 6.18 Å². The van der Waals surface area contributed by atoms with Gasteiger partial charge in [0, 0.05) is 17.1 Å². The third kappa shape index (κ3) is 2.60. The molecule has 1 aromatic carbocycles. The molecule has 0 spiro atoms. The lowest BCUT2D eigenvalue weighted by atomic mass is 9.98. The van der Waals surface area contributed by atoms with Crippen LogP contribution in [0.15, 0.2) is 30.5 Å². The average Bonchev–Trinajstić information content (AvgIpc) is 2.73. The molecular formula is C11H12ClF3N2O. The van der Waals surface area contributed by atoms with Crippen LogP contribution in [0.25, 0.3) is 10.9 Å². The van der Waals surface area contributed by atoms with E-state index in [4.69, 9.17) is 10.8 Å². The molecule has 0 bridgehead atoms. The molecule has 0 aliphatic rings. The zero-order valence-corrected chi connectivity index (χ0v) is 9.92. The number of aliphatic hydroxyl groups excluding tert-OH is 1. The molecule has 2 atom stereocenters. The summed E-state index contributed by atoms with van der Waals surface area (Å²) in [6, 6.07) is 4.95. The molecule has 7 heteroatoms. The molecule has 0 unspecified atom stereocenters. The van der Waals surface area contributed by atoms with Crippen molar-refractivity contribution < 1.29 is 18.3 Å². The number of hydrogen-bond acceptors (Lipinski definition) is 2. The van der Waals surface area contributed by atoms with E-state index < -0.39 is 18.3 Å². The zero-order valence-electron chi connectivity index (χ0n) is 9.11. The summed E-state index contributed by atoms with van der Waals surface area (Å²) in [6.45, 7) is 0. The summed E-state index contributed by atoms with van der Waals surface area (Å²) in [5.41, 5.74) is 6.43. The summed E-state index contributed by atoms with van der Waals surface area (Å²) >= 11 is 0. The second-order valence-electron chi connectivity index (χ2n) is 3.80. The van der Waals surface area contributed by atoms with Crippen LogP contribution in [0.4, 0.5) is 13.2 Å². The van der Waals surface area contributed by atoms with Crippen molar-refractivity contribution in [1.29, 1.82) is 0 Å². The predicted molar refractivity (Wildman–Crippen MR) is 64.5 cm³/mol. The molecule has 0 saturated heterocycles. The number of aromatic amines is 1. The number of rotatable bonds is 2. The minimum atomic E-state index is -4.72. The minimum absolute atomic E-state index is 0. The molecule has 0 saturated carbocycles. The molecule has 18 heavy (non-hydrogen) atoms. The molecule has 2 rings (SSSR count). The largest absolute Gasteiger partial charge is 0.416 e. The fourth-order valence-corrected chi connectivity index (χ4v) is 1.77. The number of benzene rings is 1. The lowest BCUT2D eigenvalue weighted by molar-refractivity contribution is -0.210. The first kappa shape index (κ1) is 14.8. The van der Waals surface area contributed by atoms with Gasteiger partial charge in [0.1, 0.15) is 0 Å². The standard InChI is InChI=1S/C11H11F3N2O.ClH/c12-11(13,14)10(17)9(15)7-2-1-3-8-6(7)4-5-16-8;/h1-5,9-10,16-17H,15H2;1H/t9-,10-;/m0./s1. The number of aromatic nitrogens is 1. The highest BCUT2D eigenvalue weighted by Crippen LogP contribution is 2.31. The van der Waals surface area contributed by atoms with E-state index in [-0.39, 0.29) is 18.0 Å². The quantitative estimate of drug-likeness (QED) is 0.791. The van der Waals surface area contributed by atoms with Crippen molar-refractivity contribution in [3.63, 3.8) is 0 Å². The van der Waals surface area contributed by atoms with Gasteiger partial charge in [0.15, 0.2) is 6.10 Å². The molecule has 100 valence electrons. The van der Waals surface area contributed by atoms with Crippen molar-refractivity contribution in [3.8, 4) is 0 Å². The Kier molecular flexibility index (Phi) is 4.26. The van der Waals surface area contributed by atoms with Gasteiger partial charge in [0.05, 0.1) is 6.04 Å². The van der Waals surface area contributed by atoms with Gasteiger partial charge in [-0.3, -0.25) is 0 Å². The number of nitrogens with two attached hydrogens (primary N) is 1. The molecule has 0 aliphatic carbocycles. The maximum absolute atomic E-state index is 12.4. The third-order valence-corrected chi connectivity index (χ3v) is 2.66. The number of alkyl halides is 3. The smallest absolute Gasteiger partial charge is 0.382 e. The Labute approximate surface area is 107 Å². The minimum Gasteiger partial charge on any atom is -0.382 e. The first-order valence-electron chi connectivity index (χ1n) is 4.97. The van der Waals surface area contributed by atoms with Gasteiger partial charge in [-0.15, -0.1) is 12.4 Å². The lowest BCUT2D eigenvalue weighted by Gasteiger charge is -2.22. The fraction of sp³-hybridized carbons (Fsp3) is 0.273. The van der Waals surface area contributed by atoms with Gasteiger partial charge < -0.3 is 15.8 Å². The summed E-state index contributed by atoms with van der Waals surface area (Å²) in [4.78, 5) is 2.87. The van der Waals surface area contributed by atoms with Crippen LogP contribution in [-0.4, -0.2) is 22.4 Å². The average molecular weight is 281 g/mol. The molecule has 2 aromatic rings. The Hall–Kier alpha value is -1.24. The monoisotopic (exact) mass is 280 g/mol. The van der Waals surface area contributed by atoms with E-state index in [0.29, 0.717) is 10.9 Å². The van der Waals surface area contributed by atoms with Crippen molar-refractivity contribution in [2.75, 3.05) is 0 Å². The van der Waals surface area contributed by atoms with Crippen molar-refractivity contribution in [2.45, 2.75) is 18.3 Å². The third-order valence-electron chi connectivity index (χ3n) is 2.66. The van der Waals surface area contributed by atoms with Crippen LogP contribution in [0, 0.1) is 0 Å². The highest BCUT2D eigenvalue weighted by Gasteiger charge is 2.43. The fourth-order valence-electron chi connectivity index (χ4n) is 1.77. The van der Waals surface area contributed by atoms with Crippen LogP contribution in [-0.2, 0) is 0 Å². The molecule has 1 aromatic heterocycles. The SMILES string of the molecule is Cl.N[C@@H](c1cccc2[nH]ccc12)[C@H](O)C(F)(F)F. The van der Waals surface area contributed by atoms with Crippen LogP contribution in [0.1, 0.15) is 11.6 Å². The number of nitrogens with one attached hydrogen (secondary N) is 1. The van der Waals surface area contributed by atoms with Crippen LogP contribution < -0.4 is 5.73 Å². The highest BCUT2D eigenvalue weighted by molar-refractivity contribution is 5.85. The number of hydrogen-bond donors (Lipinski definition) is 3. The number of aliphatic hydroxyl groups is 1. The van der Waals surface area contributed by atoms with Gasteiger partial charge in [0.2, 0.25) is 0 Å². The van der Waals surface area contributed by atoms with Crippen LogP contribution >= 0.6 is 12.4 Å². The van der Waals surface area contributed by atoms with Crippen LogP contribution in [0.2, 0.25) is 0 Å². The maximum Gasteiger partial charge on any atom is 0.416 e. The maximum atomic E-state index is 12.4. The molecule has 0 amide bonds. The number of H-pyrrole nitrogens is 1. The molecule has 0 aliphatic heterocycles. The summed E-state index contributed by atoms with van der Waals surface area (Å²) in [5.74, 6) is 0. The molecule has 3 nitrogen and oxygen atoms in total. The molecule has 1 heterocycles. The van der Waals surface area contributed by atoms with Crippen molar-refractivity contribution >= 4 is 23.3 Å². The van der Waals surface area contributed by atoms with E-state index in [1.807, 2.05) is 0 Å². The zero-order chi connectivity index (χ0) is 12.6. The van der Waals surface area contributed by atoms with Crippen molar-refractivity contribution in [2.24, 2.45) is 5.73 Å². The molecule has 0 radical (unpaired) electrons. The lowest BCUT2D eigenvalue weighted by Crippen LogP contribution is -2.38. The topological polar surface area (TPSA) is 62.0 Å². The van der Waals surface area contributed by atoms with E-state index in [9.17, 15) is 13.2 Å². The Bertz CT molecular complexity index is 526. The predicted octanol–water partition coefficient (Wildman–Crippen LogP) is 2.51. The van der Waals surface area contributed by atoms with Gasteiger partial charge in [-0.25, -0.2) is 0 Å². The number of fused-ring (bicyclic) bond motifs is 1. The van der Waals surface area contributed by atoms with E-state index in [1.165, 1.54) is 6.07 Å². The highest BCUT2D eigenvalue weighted by atomic mass is 35.5. The molecule has 0 fully saturated rings. The van der Waals surface area contributed by atoms with Gasteiger partial charge in [-0.1, -0.05) is 12.1 Å². The normalized spacial score (nSPS) is 15.2. The van der Waals surface area contributed by atoms with Crippen LogP contribution in [0.5, 0.6) is 0 Å². The van der Waals surface area contributed by atoms with E-state index in [0.717, 1.165) is 0 Å². The first-order chi connectivity index (χ1) is 7.91. The summed E-state index contributed by atoms with van der Waals surface area (Å²) < 4.78 is 37.1. The van der Waals surface area contributed by atoms with Crippen LogP contribution in [0.3, 0.4) is 0 Å². The summed E-state index contributed by atoms with van der Waals surface area (Å²) in [5, 5.41) is 9.73. The summed E-state index contributed by atoms with van der Waals surface area (Å²) in [6.07, 6.45) is -5.68. The second-order valence-corrected chi connectivity index (χ2v) is 3.80. The summed E-state index contributed by atoms with van der Waals surface area (Å²) in [7, 11) is 0. The van der Waals surface area contributed by atoms with E-state index >= 15 is 0 Å². The Balaban J connectivity index is 0.00000162. The van der Waals surface area contributed by atoms with Gasteiger partial charge in [-0.05, 0) is 17.7 Å². The Morgan fingerprint density at radius 1 is 1.22 bits per heavy atom. The van der Waals surface area contributed by atoms with E-state index in [2.05, 4.69) is 4.98 Å². The van der Waals surface area contributed by atoms with Crippen molar-refractivity contribution in [3.05, 3.63) is 36.0 Å². The molecule has 4 N–H and O–H groups in total. The first-order valence-corrected chi connectivity index (χ1v) is 4.97. The molecular weight excluding hydrogens is 269 g/mol. The second kappa shape index (κ2) is 5.17. The van der Waals surface area contributed by atoms with Gasteiger partial charge in [0.25, 0.3) is 0 Å². The van der Waals surface area contributed by atoms with Gasteiger partial charge in [-0.2, -0.15) is 13.2 Å². The number of halogens is 4.